The summed E-state index contributed by atoms with van der Waals surface area (Å²) >= 11 is 0. The molecule has 3 aromatic carbocycles. The van der Waals surface area contributed by atoms with Gasteiger partial charge in [-0.1, -0.05) is 79.8 Å². The van der Waals surface area contributed by atoms with Crippen LogP contribution in [0.5, 0.6) is 0 Å². The SMILES string of the molecule is C=C(N=C(N=C(C)c1cc(C23CC4CC5CC(C2)C543)c2oc3c(C45CC6CC7CC(C4)C765)cc(C45CC=C4CC(C)C5)cc3c2c1)c1ccccc1)C1=CCCC=C1. The van der Waals surface area contributed by atoms with E-state index in [1.165, 1.54) is 104 Å². The highest BCUT2D eigenvalue weighted by molar-refractivity contribution is 6.15. The van der Waals surface area contributed by atoms with Crippen LogP contribution in [0.4, 0.5) is 0 Å². The van der Waals surface area contributed by atoms with Gasteiger partial charge in [-0.2, -0.15) is 0 Å². The third-order valence-corrected chi connectivity index (χ3v) is 20.5. The van der Waals surface area contributed by atoms with Gasteiger partial charge < -0.3 is 4.42 Å². The van der Waals surface area contributed by atoms with E-state index in [1.54, 1.807) is 16.7 Å². The average Bonchev–Trinajstić information content (AvgIpc) is 3.66. The Morgan fingerprint density at radius 1 is 0.707 bits per heavy atom. The van der Waals surface area contributed by atoms with E-state index >= 15 is 0 Å². The van der Waals surface area contributed by atoms with Crippen molar-refractivity contribution in [1.82, 2.24) is 0 Å². The third-order valence-electron chi connectivity index (χ3n) is 20.5. The molecule has 3 heteroatoms. The summed E-state index contributed by atoms with van der Waals surface area (Å²) in [6.45, 7) is 9.16. The molecule has 0 radical (unpaired) electrons. The molecule has 2 spiro atoms. The van der Waals surface area contributed by atoms with Crippen molar-refractivity contribution in [2.45, 2.75) is 114 Å². The van der Waals surface area contributed by atoms with Gasteiger partial charge in [-0.15, -0.1) is 0 Å². The van der Waals surface area contributed by atoms with Crippen molar-refractivity contribution in [3.05, 3.63) is 130 Å². The standard InChI is InChI=1S/C55H54N2O/c1-30-16-36-14-15-51(36,25-30)37-23-45-44-17-35(32(3)57-50(34-12-8-5-9-13-34)56-31(2)33-10-6-4-7-11-33)18-46(52-26-40-19-38-20-41(27-52)54(38,40)52)48(44)58-49(45)47(24-37)53-28-42-21-39-22-43(29-53)55(39,42)53/h5-6,8-14,17-18,23-24,30,38-43H,2,4,7,15-16,19-22,25-29H2,1,3H3. The minimum absolute atomic E-state index is 0.223. The zero-order chi connectivity index (χ0) is 38.1. The minimum atomic E-state index is 0.223. The number of amidine groups is 1. The Bertz CT molecular complexity index is 2730. The van der Waals surface area contributed by atoms with Gasteiger partial charge in [0.1, 0.15) is 11.2 Å². The van der Waals surface area contributed by atoms with Gasteiger partial charge in [0.05, 0.1) is 5.70 Å². The maximum absolute atomic E-state index is 7.65. The highest BCUT2D eigenvalue weighted by atomic mass is 16.3. The Morgan fingerprint density at radius 2 is 1.36 bits per heavy atom. The minimum Gasteiger partial charge on any atom is -0.455 e. The van der Waals surface area contributed by atoms with Crippen molar-refractivity contribution in [2.24, 2.45) is 62.2 Å². The molecule has 58 heavy (non-hydrogen) atoms. The van der Waals surface area contributed by atoms with Crippen molar-refractivity contribution < 1.29 is 4.42 Å². The number of furan rings is 1. The Hall–Kier alpha value is -4.24. The maximum Gasteiger partial charge on any atom is 0.160 e. The van der Waals surface area contributed by atoms with Crippen LogP contribution in [0.2, 0.25) is 0 Å². The summed E-state index contributed by atoms with van der Waals surface area (Å²) in [6.07, 6.45) is 26.5. The third kappa shape index (κ3) is 3.31. The fourth-order valence-electron chi connectivity index (χ4n) is 18.4. The van der Waals surface area contributed by atoms with Gasteiger partial charge in [0.15, 0.2) is 5.84 Å². The molecular formula is C55H54N2O. The van der Waals surface area contributed by atoms with E-state index in [4.69, 9.17) is 14.4 Å². The molecule has 0 saturated heterocycles. The molecule has 11 aliphatic rings. The van der Waals surface area contributed by atoms with Crippen molar-refractivity contribution in [1.29, 1.82) is 0 Å². The van der Waals surface area contributed by atoms with Gasteiger partial charge in [0.2, 0.25) is 0 Å². The van der Waals surface area contributed by atoms with Gasteiger partial charge in [0.25, 0.3) is 0 Å². The summed E-state index contributed by atoms with van der Waals surface area (Å²) < 4.78 is 7.65. The molecule has 1 heterocycles. The fraction of sp³-hybridized carbons (Fsp3) is 0.491. The zero-order valence-corrected chi connectivity index (χ0v) is 34.2. The lowest BCUT2D eigenvalue weighted by atomic mass is 9.12. The van der Waals surface area contributed by atoms with Gasteiger partial charge in [-0.05, 0) is 178 Å². The van der Waals surface area contributed by atoms with Crippen molar-refractivity contribution >= 4 is 33.5 Å². The first-order valence-corrected chi connectivity index (χ1v) is 23.3. The summed E-state index contributed by atoms with van der Waals surface area (Å²) in [5, 5.41) is 2.74. The van der Waals surface area contributed by atoms with Crippen molar-refractivity contribution in [3.63, 3.8) is 0 Å². The summed E-state index contributed by atoms with van der Waals surface area (Å²) in [5.74, 6) is 7.16. The summed E-state index contributed by atoms with van der Waals surface area (Å²) in [4.78, 5) is 10.6. The number of fused-ring (bicyclic) bond motifs is 4. The highest BCUT2D eigenvalue weighted by Gasteiger charge is 2.89. The van der Waals surface area contributed by atoms with Gasteiger partial charge >= 0.3 is 0 Å². The number of hydrogen-bond acceptors (Lipinski definition) is 2. The van der Waals surface area contributed by atoms with E-state index in [-0.39, 0.29) is 10.8 Å². The van der Waals surface area contributed by atoms with Crippen LogP contribution in [0.25, 0.3) is 21.9 Å². The molecule has 3 nitrogen and oxygen atoms in total. The Kier molecular flexibility index (Phi) is 5.73. The van der Waals surface area contributed by atoms with E-state index in [0.29, 0.717) is 16.2 Å². The molecule has 9 fully saturated rings. The van der Waals surface area contributed by atoms with E-state index < -0.39 is 0 Å². The highest BCUT2D eigenvalue weighted by Crippen LogP contribution is 2.94. The normalized spacial score (nSPS) is 43.7. The lowest BCUT2D eigenvalue weighted by Gasteiger charge is -2.91. The molecule has 6 unspecified atom stereocenters. The number of aliphatic imine (C=N–C) groups is 2. The van der Waals surface area contributed by atoms with Crippen LogP contribution in [0, 0.1) is 52.3 Å². The molecule has 4 aromatic rings. The topological polar surface area (TPSA) is 37.9 Å². The first kappa shape index (κ1) is 32.6. The van der Waals surface area contributed by atoms with E-state index in [1.807, 2.05) is 0 Å². The average molecular weight is 759 g/mol. The molecular weight excluding hydrogens is 705 g/mol. The second kappa shape index (κ2) is 10.2. The van der Waals surface area contributed by atoms with E-state index in [9.17, 15) is 0 Å². The van der Waals surface area contributed by atoms with Crippen LogP contribution in [0.3, 0.4) is 0 Å². The molecule has 11 aliphatic carbocycles. The fourth-order valence-corrected chi connectivity index (χ4v) is 18.4. The molecule has 15 rings (SSSR count). The number of hydrogen-bond donors (Lipinski definition) is 0. The summed E-state index contributed by atoms with van der Waals surface area (Å²) in [6, 6.07) is 21.0. The predicted octanol–water partition coefficient (Wildman–Crippen LogP) is 13.0. The van der Waals surface area contributed by atoms with Crippen LogP contribution in [-0.2, 0) is 16.2 Å². The monoisotopic (exact) mass is 758 g/mol. The Morgan fingerprint density at radius 3 is 1.93 bits per heavy atom. The summed E-state index contributed by atoms with van der Waals surface area (Å²) in [7, 11) is 0. The van der Waals surface area contributed by atoms with Gasteiger partial charge in [-0.25, -0.2) is 9.98 Å². The van der Waals surface area contributed by atoms with Crippen LogP contribution in [0.15, 0.2) is 117 Å². The first-order chi connectivity index (χ1) is 28.3. The number of allylic oxidation sites excluding steroid dienone is 5. The first-order valence-electron chi connectivity index (χ1n) is 23.3. The Labute approximate surface area is 342 Å². The second-order valence-electron chi connectivity index (χ2n) is 22.0. The number of nitrogens with zero attached hydrogens (tertiary/aromatic N) is 2. The number of rotatable bonds is 7. The lowest BCUT2D eigenvalue weighted by molar-refractivity contribution is -0.395. The molecule has 0 bridgehead atoms. The van der Waals surface area contributed by atoms with E-state index in [2.05, 4.69) is 99.3 Å². The quantitative estimate of drug-likeness (QED) is 0.105. The lowest BCUT2D eigenvalue weighted by Crippen LogP contribution is -2.87. The molecule has 0 N–H and O–H groups in total. The summed E-state index contributed by atoms with van der Waals surface area (Å²) in [5.41, 5.74) is 16.1. The van der Waals surface area contributed by atoms with Crippen LogP contribution >= 0.6 is 0 Å². The van der Waals surface area contributed by atoms with Gasteiger partial charge in [0, 0.05) is 49.4 Å². The molecule has 1 aromatic heterocycles. The second-order valence-corrected chi connectivity index (χ2v) is 22.0. The van der Waals surface area contributed by atoms with Crippen LogP contribution in [0.1, 0.15) is 125 Å². The molecule has 0 amide bonds. The van der Waals surface area contributed by atoms with Crippen LogP contribution in [-0.4, -0.2) is 11.5 Å². The Balaban J connectivity index is 0.958. The van der Waals surface area contributed by atoms with Crippen LogP contribution < -0.4 is 0 Å². The zero-order valence-electron chi connectivity index (χ0n) is 34.2. The number of benzene rings is 3. The van der Waals surface area contributed by atoms with E-state index in [0.717, 1.165) is 82.6 Å². The van der Waals surface area contributed by atoms with Crippen molar-refractivity contribution in [2.75, 3.05) is 0 Å². The van der Waals surface area contributed by atoms with Gasteiger partial charge in [-0.3, -0.25) is 0 Å². The maximum atomic E-state index is 7.65. The molecule has 6 atom stereocenters. The predicted molar refractivity (Wildman–Crippen MR) is 233 cm³/mol. The molecule has 0 aliphatic heterocycles. The van der Waals surface area contributed by atoms with Crippen molar-refractivity contribution in [3.8, 4) is 0 Å². The smallest absolute Gasteiger partial charge is 0.160 e. The molecule has 9 saturated carbocycles. The molecule has 290 valence electrons. The largest absolute Gasteiger partial charge is 0.455 e.